The van der Waals surface area contributed by atoms with Crippen LogP contribution in [0.2, 0.25) is 0 Å². The Kier molecular flexibility index (Phi) is 5.39. The lowest BCUT2D eigenvalue weighted by Gasteiger charge is -2.08. The fourth-order valence-electron chi connectivity index (χ4n) is 1.65. The van der Waals surface area contributed by atoms with Gasteiger partial charge in [-0.25, -0.2) is 8.42 Å². The van der Waals surface area contributed by atoms with Gasteiger partial charge in [-0.1, -0.05) is 34.1 Å². The van der Waals surface area contributed by atoms with E-state index < -0.39 is 15.3 Å². The van der Waals surface area contributed by atoms with Crippen LogP contribution in [0.25, 0.3) is 6.08 Å². The molecule has 2 aromatic rings. The molecule has 22 heavy (non-hydrogen) atoms. The molecule has 0 fully saturated rings. The molecule has 2 aromatic carbocycles. The SMILES string of the molecule is O=C(Cl)C=Cc1ccc(S(=O)(=O)Nc2ccc(Br)cc2)cc1. The van der Waals surface area contributed by atoms with Gasteiger partial charge in [-0.3, -0.25) is 9.52 Å². The van der Waals surface area contributed by atoms with Crippen LogP contribution in [0, 0.1) is 0 Å². The van der Waals surface area contributed by atoms with Crippen molar-refractivity contribution in [1.82, 2.24) is 0 Å². The second kappa shape index (κ2) is 7.09. The molecule has 0 aliphatic rings. The molecule has 4 nitrogen and oxygen atoms in total. The lowest BCUT2D eigenvalue weighted by atomic mass is 10.2. The Labute approximate surface area is 142 Å². The van der Waals surface area contributed by atoms with E-state index in [0.717, 1.165) is 4.47 Å². The summed E-state index contributed by atoms with van der Waals surface area (Å²) in [6.45, 7) is 0. The number of hydrogen-bond acceptors (Lipinski definition) is 3. The number of halogens is 2. The quantitative estimate of drug-likeness (QED) is 0.609. The summed E-state index contributed by atoms with van der Waals surface area (Å²) in [7, 11) is -3.66. The molecule has 0 heterocycles. The number of hydrogen-bond donors (Lipinski definition) is 1. The molecule has 0 bridgehead atoms. The monoisotopic (exact) mass is 399 g/mol. The van der Waals surface area contributed by atoms with E-state index in [0.29, 0.717) is 11.3 Å². The van der Waals surface area contributed by atoms with Crippen molar-refractivity contribution < 1.29 is 13.2 Å². The molecule has 0 saturated heterocycles. The minimum absolute atomic E-state index is 0.129. The van der Waals surface area contributed by atoms with Crippen LogP contribution in [0.5, 0.6) is 0 Å². The van der Waals surface area contributed by atoms with Crippen molar-refractivity contribution in [2.24, 2.45) is 0 Å². The molecule has 0 radical (unpaired) electrons. The number of carbonyl (C=O) groups is 1. The highest BCUT2D eigenvalue weighted by Gasteiger charge is 2.13. The van der Waals surface area contributed by atoms with Gasteiger partial charge in [0.2, 0.25) is 5.24 Å². The number of nitrogens with one attached hydrogen (secondary N) is 1. The third kappa shape index (κ3) is 4.69. The van der Waals surface area contributed by atoms with Gasteiger partial charge in [0.05, 0.1) is 4.90 Å². The van der Waals surface area contributed by atoms with E-state index in [9.17, 15) is 13.2 Å². The van der Waals surface area contributed by atoms with Crippen LogP contribution in [0.1, 0.15) is 5.56 Å². The first-order chi connectivity index (χ1) is 10.4. The van der Waals surface area contributed by atoms with Crippen molar-refractivity contribution >= 4 is 54.6 Å². The Bertz CT molecular complexity index is 800. The van der Waals surface area contributed by atoms with Gasteiger partial charge < -0.3 is 0 Å². The Morgan fingerprint density at radius 1 is 1.05 bits per heavy atom. The zero-order valence-electron chi connectivity index (χ0n) is 11.2. The number of rotatable bonds is 5. The fourth-order valence-corrected chi connectivity index (χ4v) is 3.04. The largest absolute Gasteiger partial charge is 0.280 e. The van der Waals surface area contributed by atoms with E-state index in [2.05, 4.69) is 20.7 Å². The average molecular weight is 401 g/mol. The molecule has 0 unspecified atom stereocenters. The zero-order chi connectivity index (χ0) is 16.2. The Hall–Kier alpha value is -1.63. The Morgan fingerprint density at radius 3 is 2.18 bits per heavy atom. The van der Waals surface area contributed by atoms with Crippen molar-refractivity contribution in [1.29, 1.82) is 0 Å². The maximum absolute atomic E-state index is 12.2. The minimum Gasteiger partial charge on any atom is -0.280 e. The lowest BCUT2D eigenvalue weighted by Crippen LogP contribution is -2.12. The summed E-state index contributed by atoms with van der Waals surface area (Å²) in [6, 6.07) is 12.9. The Morgan fingerprint density at radius 2 is 1.64 bits per heavy atom. The van der Waals surface area contributed by atoms with Crippen molar-refractivity contribution in [3.8, 4) is 0 Å². The molecule has 0 aromatic heterocycles. The van der Waals surface area contributed by atoms with Crippen LogP contribution in [0.15, 0.2) is 64.0 Å². The van der Waals surface area contributed by atoms with Gasteiger partial charge in [0.1, 0.15) is 0 Å². The second-order valence-corrected chi connectivity index (χ2v) is 7.29. The summed E-state index contributed by atoms with van der Waals surface area (Å²) in [6.07, 6.45) is 2.71. The molecule has 0 atom stereocenters. The molecule has 0 saturated carbocycles. The Balaban J connectivity index is 2.19. The summed E-state index contributed by atoms with van der Waals surface area (Å²) in [5, 5.41) is -0.589. The molecule has 0 aliphatic carbocycles. The summed E-state index contributed by atoms with van der Waals surface area (Å²) in [4.78, 5) is 10.8. The van der Waals surface area contributed by atoms with Crippen molar-refractivity contribution in [2.75, 3.05) is 4.72 Å². The highest BCUT2D eigenvalue weighted by molar-refractivity contribution is 9.10. The van der Waals surface area contributed by atoms with E-state index in [1.807, 2.05) is 0 Å². The highest BCUT2D eigenvalue weighted by atomic mass is 79.9. The predicted molar refractivity (Wildman–Crippen MR) is 91.3 cm³/mol. The number of anilines is 1. The van der Waals surface area contributed by atoms with E-state index in [1.165, 1.54) is 24.3 Å². The summed E-state index contributed by atoms with van der Waals surface area (Å²) in [5.74, 6) is 0. The number of benzene rings is 2. The summed E-state index contributed by atoms with van der Waals surface area (Å²) in [5.41, 5.74) is 1.15. The predicted octanol–water partition coefficient (Wildman–Crippen LogP) is 4.03. The topological polar surface area (TPSA) is 63.2 Å². The van der Waals surface area contributed by atoms with Crippen molar-refractivity contribution in [3.05, 3.63) is 64.6 Å². The van der Waals surface area contributed by atoms with Gasteiger partial charge in [0.25, 0.3) is 10.0 Å². The third-order valence-electron chi connectivity index (χ3n) is 2.69. The third-order valence-corrected chi connectivity index (χ3v) is 4.75. The number of sulfonamides is 1. The maximum atomic E-state index is 12.2. The molecule has 1 N–H and O–H groups in total. The van der Waals surface area contributed by atoms with E-state index in [-0.39, 0.29) is 4.90 Å². The first-order valence-electron chi connectivity index (χ1n) is 6.13. The summed E-state index contributed by atoms with van der Waals surface area (Å²) >= 11 is 8.48. The van der Waals surface area contributed by atoms with Crippen LogP contribution in [0.3, 0.4) is 0 Å². The van der Waals surface area contributed by atoms with Gasteiger partial charge in [0.15, 0.2) is 0 Å². The van der Waals surface area contributed by atoms with E-state index in [1.54, 1.807) is 36.4 Å². The van der Waals surface area contributed by atoms with E-state index >= 15 is 0 Å². The molecular formula is C15H11BrClNO3S. The van der Waals surface area contributed by atoms with Gasteiger partial charge in [-0.2, -0.15) is 0 Å². The molecule has 0 amide bonds. The van der Waals surface area contributed by atoms with Gasteiger partial charge in [0, 0.05) is 10.2 Å². The number of allylic oxidation sites excluding steroid dienone is 1. The summed E-state index contributed by atoms with van der Waals surface area (Å²) < 4.78 is 27.8. The van der Waals surface area contributed by atoms with Crippen LogP contribution >= 0.6 is 27.5 Å². The molecule has 7 heteroatoms. The number of carbonyl (C=O) groups excluding carboxylic acids is 1. The van der Waals surface area contributed by atoms with E-state index in [4.69, 9.17) is 11.6 Å². The first kappa shape index (κ1) is 16.7. The highest BCUT2D eigenvalue weighted by Crippen LogP contribution is 2.19. The van der Waals surface area contributed by atoms with Gasteiger partial charge >= 0.3 is 0 Å². The molecule has 0 aliphatic heterocycles. The van der Waals surface area contributed by atoms with Crippen LogP contribution in [0.4, 0.5) is 5.69 Å². The fraction of sp³-hybridized carbons (Fsp3) is 0. The average Bonchev–Trinajstić information content (AvgIpc) is 2.48. The van der Waals surface area contributed by atoms with Gasteiger partial charge in [-0.05, 0) is 59.6 Å². The molecule has 114 valence electrons. The minimum atomic E-state index is -3.66. The van der Waals surface area contributed by atoms with Crippen LogP contribution < -0.4 is 4.72 Å². The standard InChI is InChI=1S/C15H11BrClNO3S/c16-12-4-6-13(7-5-12)18-22(20,21)14-8-1-11(2-9-14)3-10-15(17)19/h1-10,18H. The molecular weight excluding hydrogens is 390 g/mol. The smallest absolute Gasteiger partial charge is 0.261 e. The van der Waals surface area contributed by atoms with Crippen molar-refractivity contribution in [3.63, 3.8) is 0 Å². The molecule has 0 spiro atoms. The first-order valence-corrected chi connectivity index (χ1v) is 8.78. The van der Waals surface area contributed by atoms with Crippen LogP contribution in [-0.2, 0) is 14.8 Å². The van der Waals surface area contributed by atoms with Gasteiger partial charge in [-0.15, -0.1) is 0 Å². The lowest BCUT2D eigenvalue weighted by molar-refractivity contribution is -0.107. The normalized spacial score (nSPS) is 11.5. The second-order valence-electron chi connectivity index (χ2n) is 4.32. The van der Waals surface area contributed by atoms with Crippen LogP contribution in [-0.4, -0.2) is 13.7 Å². The van der Waals surface area contributed by atoms with Crippen molar-refractivity contribution in [2.45, 2.75) is 4.90 Å². The maximum Gasteiger partial charge on any atom is 0.261 e. The zero-order valence-corrected chi connectivity index (χ0v) is 14.3. The molecule has 2 rings (SSSR count).